The highest BCUT2D eigenvalue weighted by Gasteiger charge is 2.44. The fourth-order valence-electron chi connectivity index (χ4n) is 6.46. The molecule has 5 heterocycles. The lowest BCUT2D eigenvalue weighted by atomic mass is 9.80. The average molecular weight is 564 g/mol. The summed E-state index contributed by atoms with van der Waals surface area (Å²) in [5.41, 5.74) is 5.44. The van der Waals surface area contributed by atoms with E-state index in [1.807, 2.05) is 12.3 Å². The molecule has 11 nitrogen and oxygen atoms in total. The molecule has 0 radical (unpaired) electrons. The third kappa shape index (κ3) is 4.10. The molecule has 0 bridgehead atoms. The molecule has 4 aliphatic rings. The number of aromatic amines is 1. The Morgan fingerprint density at radius 1 is 0.929 bits per heavy atom. The van der Waals surface area contributed by atoms with Crippen LogP contribution in [0.1, 0.15) is 76.9 Å². The summed E-state index contributed by atoms with van der Waals surface area (Å²) in [6.45, 7) is 0.739. The van der Waals surface area contributed by atoms with Crippen molar-refractivity contribution in [3.05, 3.63) is 65.6 Å². The predicted molar refractivity (Wildman–Crippen MR) is 153 cm³/mol. The molecule has 4 amide bonds. The number of H-pyrrole nitrogens is 1. The maximum absolute atomic E-state index is 13.1. The predicted octanol–water partition coefficient (Wildman–Crippen LogP) is 3.77. The Hall–Kier alpha value is -4.80. The molecule has 4 aromatic rings. The van der Waals surface area contributed by atoms with Crippen molar-refractivity contribution in [1.29, 1.82) is 0 Å². The van der Waals surface area contributed by atoms with Gasteiger partial charge in [-0.3, -0.25) is 34.1 Å². The van der Waals surface area contributed by atoms with Gasteiger partial charge in [-0.2, -0.15) is 5.10 Å². The zero-order chi connectivity index (χ0) is 28.5. The van der Waals surface area contributed by atoms with Gasteiger partial charge >= 0.3 is 0 Å². The fourth-order valence-corrected chi connectivity index (χ4v) is 6.46. The number of nitrogens with one attached hydrogen (secondary N) is 3. The summed E-state index contributed by atoms with van der Waals surface area (Å²) in [6, 6.07) is 10.7. The highest BCUT2D eigenvalue weighted by molar-refractivity contribution is 6.23. The van der Waals surface area contributed by atoms with E-state index < -0.39 is 23.8 Å². The molecule has 2 aliphatic heterocycles. The number of carbonyl (C=O) groups excluding carboxylic acids is 4. The van der Waals surface area contributed by atoms with Crippen LogP contribution in [0.3, 0.4) is 0 Å². The normalized spacial score (nSPS) is 23.7. The summed E-state index contributed by atoms with van der Waals surface area (Å²) in [5, 5.41) is 11.8. The smallest absolute Gasteiger partial charge is 0.262 e. The molecule has 8 rings (SSSR count). The van der Waals surface area contributed by atoms with Crippen molar-refractivity contribution < 1.29 is 19.2 Å². The first-order chi connectivity index (χ1) is 20.4. The molecule has 1 aromatic carbocycles. The van der Waals surface area contributed by atoms with E-state index in [2.05, 4.69) is 38.6 Å². The van der Waals surface area contributed by atoms with Gasteiger partial charge in [0.15, 0.2) is 0 Å². The van der Waals surface area contributed by atoms with Crippen LogP contribution >= 0.6 is 0 Å². The van der Waals surface area contributed by atoms with Crippen molar-refractivity contribution in [2.75, 3.05) is 11.9 Å². The lowest BCUT2D eigenvalue weighted by Gasteiger charge is -2.35. The van der Waals surface area contributed by atoms with E-state index >= 15 is 0 Å². The van der Waals surface area contributed by atoms with Gasteiger partial charge < -0.3 is 10.3 Å². The van der Waals surface area contributed by atoms with Gasteiger partial charge in [-0.25, -0.2) is 4.98 Å². The van der Waals surface area contributed by atoms with Crippen LogP contribution in [0.25, 0.3) is 22.3 Å². The topological polar surface area (TPSA) is 142 Å². The molecule has 1 atom stereocenters. The Morgan fingerprint density at radius 2 is 1.76 bits per heavy atom. The van der Waals surface area contributed by atoms with Gasteiger partial charge in [0.05, 0.1) is 28.6 Å². The van der Waals surface area contributed by atoms with Gasteiger partial charge in [0, 0.05) is 47.9 Å². The van der Waals surface area contributed by atoms with Gasteiger partial charge in [-0.05, 0) is 74.4 Å². The largest absolute Gasteiger partial charge is 0.385 e. The number of piperidine rings is 1. The molecule has 0 spiro atoms. The number of nitrogens with zero attached hydrogens (tertiary/aromatic N) is 4. The Bertz CT molecular complexity index is 1800. The van der Waals surface area contributed by atoms with Crippen LogP contribution in [0.5, 0.6) is 0 Å². The lowest BCUT2D eigenvalue weighted by Crippen LogP contribution is -2.54. The quantitative estimate of drug-likeness (QED) is 0.291. The second-order valence-electron chi connectivity index (χ2n) is 11.9. The van der Waals surface area contributed by atoms with Crippen molar-refractivity contribution in [3.63, 3.8) is 0 Å². The zero-order valence-electron chi connectivity index (χ0n) is 22.8. The molecule has 2 aliphatic carbocycles. The van der Waals surface area contributed by atoms with Crippen LogP contribution < -0.4 is 10.6 Å². The number of amides is 4. The Morgan fingerprint density at radius 3 is 2.57 bits per heavy atom. The first-order valence-electron chi connectivity index (χ1n) is 14.6. The molecule has 42 heavy (non-hydrogen) atoms. The minimum Gasteiger partial charge on any atom is -0.385 e. The third-order valence-electron chi connectivity index (χ3n) is 9.03. The number of rotatable bonds is 7. The van der Waals surface area contributed by atoms with E-state index in [0.717, 1.165) is 58.0 Å². The zero-order valence-corrected chi connectivity index (χ0v) is 22.8. The van der Waals surface area contributed by atoms with Gasteiger partial charge in [0.1, 0.15) is 11.7 Å². The molecule has 212 valence electrons. The number of imide groups is 2. The number of aromatic nitrogens is 4. The van der Waals surface area contributed by atoms with E-state index in [4.69, 9.17) is 10.1 Å². The van der Waals surface area contributed by atoms with Crippen LogP contribution in [0.4, 0.5) is 5.69 Å². The van der Waals surface area contributed by atoms with Crippen molar-refractivity contribution in [2.24, 2.45) is 5.92 Å². The van der Waals surface area contributed by atoms with Gasteiger partial charge in [-0.15, -0.1) is 0 Å². The van der Waals surface area contributed by atoms with Crippen LogP contribution in [-0.4, -0.2) is 60.9 Å². The molecule has 1 unspecified atom stereocenters. The van der Waals surface area contributed by atoms with Crippen molar-refractivity contribution in [1.82, 2.24) is 30.0 Å². The van der Waals surface area contributed by atoms with Crippen LogP contribution in [0.2, 0.25) is 0 Å². The van der Waals surface area contributed by atoms with E-state index in [-0.39, 0.29) is 29.9 Å². The minimum absolute atomic E-state index is 0.0981. The Balaban J connectivity index is 0.921. The van der Waals surface area contributed by atoms with Gasteiger partial charge in [0.25, 0.3) is 11.8 Å². The highest BCUT2D eigenvalue weighted by atomic mass is 16.2. The monoisotopic (exact) mass is 563 g/mol. The molecule has 1 saturated heterocycles. The molecule has 3 aromatic heterocycles. The second kappa shape index (κ2) is 9.37. The Kier molecular flexibility index (Phi) is 5.56. The summed E-state index contributed by atoms with van der Waals surface area (Å²) >= 11 is 0. The standard InChI is InChI=1S/C31H29N7O4/c39-26-8-7-25(29(40)35-26)38-30(41)21-5-4-19(13-22(21)31(38)42)33-14-16-11-20(12-16)37-15-23(27(36-37)17-1-2-17)24-6-3-18-9-10-32-28(18)34-24/h3-6,9-10,13,15-17,20,25,33H,1-2,7-8,11-12,14H2,(H,32,34)(H,35,39,40)/t16-,20-,25?. The first-order valence-corrected chi connectivity index (χ1v) is 14.6. The second-order valence-corrected chi connectivity index (χ2v) is 11.9. The van der Waals surface area contributed by atoms with E-state index in [0.29, 0.717) is 17.9 Å². The van der Waals surface area contributed by atoms with Crippen molar-refractivity contribution in [3.8, 4) is 11.3 Å². The summed E-state index contributed by atoms with van der Waals surface area (Å²) in [4.78, 5) is 58.9. The number of pyridine rings is 1. The van der Waals surface area contributed by atoms with Crippen LogP contribution in [0, 0.1) is 5.92 Å². The molecule has 3 fully saturated rings. The number of carbonyl (C=O) groups is 4. The molecule has 11 heteroatoms. The summed E-state index contributed by atoms with van der Waals surface area (Å²) in [5.74, 6) is -1.02. The number of anilines is 1. The molecule has 2 saturated carbocycles. The SMILES string of the molecule is O=C1CCC(N2C(=O)c3ccc(NC[C@H]4C[C@H](n5cc(-c6ccc7cc[nH]c7n6)c(C6CC6)n5)C4)cc3C2=O)C(=O)N1. The van der Waals surface area contributed by atoms with Crippen LogP contribution in [-0.2, 0) is 9.59 Å². The van der Waals surface area contributed by atoms with E-state index in [1.165, 1.54) is 12.8 Å². The summed E-state index contributed by atoms with van der Waals surface area (Å²) in [7, 11) is 0. The van der Waals surface area contributed by atoms with E-state index in [9.17, 15) is 19.2 Å². The number of hydrogen-bond acceptors (Lipinski definition) is 7. The molecular formula is C31H29N7O4. The maximum atomic E-state index is 13.1. The average Bonchev–Trinajstić information content (AvgIpc) is 3.44. The lowest BCUT2D eigenvalue weighted by molar-refractivity contribution is -0.136. The Labute approximate surface area is 240 Å². The van der Waals surface area contributed by atoms with E-state index in [1.54, 1.807) is 18.2 Å². The number of hydrogen-bond donors (Lipinski definition) is 3. The van der Waals surface area contributed by atoms with Crippen molar-refractivity contribution >= 4 is 40.3 Å². The number of fused-ring (bicyclic) bond motifs is 2. The number of benzene rings is 1. The first kappa shape index (κ1) is 25.0. The highest BCUT2D eigenvalue weighted by Crippen LogP contribution is 2.45. The molecule has 3 N–H and O–H groups in total. The summed E-state index contributed by atoms with van der Waals surface area (Å²) in [6.07, 6.45) is 8.64. The third-order valence-corrected chi connectivity index (χ3v) is 9.03. The summed E-state index contributed by atoms with van der Waals surface area (Å²) < 4.78 is 2.13. The minimum atomic E-state index is -0.964. The van der Waals surface area contributed by atoms with Crippen molar-refractivity contribution in [2.45, 2.75) is 56.5 Å². The maximum Gasteiger partial charge on any atom is 0.262 e. The van der Waals surface area contributed by atoms with Gasteiger partial charge in [-0.1, -0.05) is 0 Å². The van der Waals surface area contributed by atoms with Gasteiger partial charge in [0.2, 0.25) is 11.8 Å². The molecular weight excluding hydrogens is 534 g/mol. The van der Waals surface area contributed by atoms with Crippen LogP contribution in [0.15, 0.2) is 48.8 Å². The fraction of sp³-hybridized carbons (Fsp3) is 0.355.